The Bertz CT molecular complexity index is 1350. The summed E-state index contributed by atoms with van der Waals surface area (Å²) in [5.41, 5.74) is 5.16. The number of H-pyrrole nitrogens is 1. The van der Waals surface area contributed by atoms with E-state index in [1.54, 1.807) is 6.20 Å². The van der Waals surface area contributed by atoms with Crippen LogP contribution in [0.5, 0.6) is 0 Å². The van der Waals surface area contributed by atoms with Crippen LogP contribution in [-0.2, 0) is 13.0 Å². The molecule has 0 saturated heterocycles. The molecule has 1 aromatic carbocycles. The van der Waals surface area contributed by atoms with Crippen molar-refractivity contribution in [2.24, 2.45) is 11.8 Å². The van der Waals surface area contributed by atoms with Gasteiger partial charge in [0.25, 0.3) is 0 Å². The number of aromatic amines is 1. The Labute approximate surface area is 211 Å². The number of tetrazole rings is 1. The lowest BCUT2D eigenvalue weighted by atomic mass is 9.96. The zero-order chi connectivity index (χ0) is 25.1. The number of aromatic nitrogens is 7. The molecule has 5 rings (SSSR count). The van der Waals surface area contributed by atoms with Crippen molar-refractivity contribution in [1.29, 1.82) is 0 Å². The first kappa shape index (κ1) is 24.2. The van der Waals surface area contributed by atoms with E-state index in [1.165, 1.54) is 12.8 Å². The van der Waals surface area contributed by atoms with Crippen molar-refractivity contribution < 1.29 is 0 Å². The van der Waals surface area contributed by atoms with Crippen LogP contribution >= 0.6 is 0 Å². The molecule has 188 valence electrons. The zero-order valence-electron chi connectivity index (χ0n) is 21.4. The Balaban J connectivity index is 1.58. The summed E-state index contributed by atoms with van der Waals surface area (Å²) in [6.45, 7) is 7.22. The second-order valence-electron chi connectivity index (χ2n) is 10.0. The molecular weight excluding hydrogens is 450 g/mol. The van der Waals surface area contributed by atoms with Gasteiger partial charge in [-0.1, -0.05) is 57.9 Å². The van der Waals surface area contributed by atoms with E-state index in [2.05, 4.69) is 63.2 Å². The zero-order valence-corrected chi connectivity index (χ0v) is 21.4. The van der Waals surface area contributed by atoms with Gasteiger partial charge in [-0.25, -0.2) is 9.89 Å². The lowest BCUT2D eigenvalue weighted by molar-refractivity contribution is 0.307. The average Bonchev–Trinajstić information content (AvgIpc) is 3.64. The van der Waals surface area contributed by atoms with Gasteiger partial charge in [-0.05, 0) is 70.7 Å². The third-order valence-electron chi connectivity index (χ3n) is 7.83. The number of unbranched alkanes of at least 4 members (excludes halogenated alkanes) is 1. The molecule has 3 atom stereocenters. The molecule has 3 aromatic heterocycles. The van der Waals surface area contributed by atoms with Gasteiger partial charge < -0.3 is 0 Å². The van der Waals surface area contributed by atoms with Crippen molar-refractivity contribution in [2.75, 3.05) is 0 Å². The van der Waals surface area contributed by atoms with E-state index in [9.17, 15) is 4.79 Å². The van der Waals surface area contributed by atoms with Crippen LogP contribution in [0.3, 0.4) is 0 Å². The molecule has 3 heterocycles. The minimum atomic E-state index is 0.0980. The van der Waals surface area contributed by atoms with Crippen molar-refractivity contribution in [3.63, 3.8) is 0 Å². The molecule has 1 aliphatic rings. The molecule has 0 amide bonds. The summed E-state index contributed by atoms with van der Waals surface area (Å²) < 4.78 is 4.04. The van der Waals surface area contributed by atoms with Gasteiger partial charge >= 0.3 is 5.69 Å². The van der Waals surface area contributed by atoms with Gasteiger partial charge in [0.05, 0.1) is 6.54 Å². The Morgan fingerprint density at radius 2 is 1.92 bits per heavy atom. The second-order valence-corrected chi connectivity index (χ2v) is 10.0. The van der Waals surface area contributed by atoms with Crippen LogP contribution in [0.15, 0.2) is 53.7 Å². The van der Waals surface area contributed by atoms with Crippen LogP contribution in [-0.4, -0.2) is 34.7 Å². The van der Waals surface area contributed by atoms with E-state index in [4.69, 9.17) is 0 Å². The molecule has 0 aliphatic heterocycles. The summed E-state index contributed by atoms with van der Waals surface area (Å²) in [7, 11) is 0. The highest BCUT2D eigenvalue weighted by Crippen LogP contribution is 2.42. The highest BCUT2D eigenvalue weighted by Gasteiger charge is 2.35. The average molecular weight is 486 g/mol. The molecular formula is C28H35N7O. The van der Waals surface area contributed by atoms with Crippen LogP contribution in [0.25, 0.3) is 22.5 Å². The normalized spacial score (nSPS) is 19.7. The van der Waals surface area contributed by atoms with Crippen LogP contribution in [0.1, 0.15) is 70.2 Å². The third kappa shape index (κ3) is 4.52. The van der Waals surface area contributed by atoms with Crippen molar-refractivity contribution >= 4 is 0 Å². The first-order valence-electron chi connectivity index (χ1n) is 13.2. The standard InChI is InChI=1S/C28H35N7O/c1-4-6-9-22-18-35(26-19(3)12-13-20(26)5-2)28(36)34(22)17-21-16-29-15-14-23(21)24-10-7-8-11-25(24)27-30-32-33-31-27/h7-8,10-11,14-16,18-20,26H,4-6,9,12-13,17H2,1-3H3,(H,30,31,32,33). The summed E-state index contributed by atoms with van der Waals surface area (Å²) in [4.78, 5) is 18.4. The highest BCUT2D eigenvalue weighted by atomic mass is 16.1. The molecule has 0 bridgehead atoms. The van der Waals surface area contributed by atoms with Gasteiger partial charge in [-0.2, -0.15) is 0 Å². The maximum Gasteiger partial charge on any atom is 0.328 e. The second kappa shape index (κ2) is 10.6. The molecule has 36 heavy (non-hydrogen) atoms. The molecule has 1 N–H and O–H groups in total. The molecule has 1 fully saturated rings. The van der Waals surface area contributed by atoms with E-state index in [1.807, 2.05) is 35.0 Å². The van der Waals surface area contributed by atoms with Crippen LogP contribution in [0, 0.1) is 11.8 Å². The Morgan fingerprint density at radius 3 is 2.67 bits per heavy atom. The molecule has 0 spiro atoms. The number of aryl methyl sites for hydroxylation is 1. The van der Waals surface area contributed by atoms with Gasteiger partial charge in [-0.15, -0.1) is 5.10 Å². The lowest BCUT2D eigenvalue weighted by Crippen LogP contribution is -2.31. The van der Waals surface area contributed by atoms with Crippen LogP contribution < -0.4 is 5.69 Å². The summed E-state index contributed by atoms with van der Waals surface area (Å²) in [5.74, 6) is 1.68. The molecule has 1 aliphatic carbocycles. The first-order chi connectivity index (χ1) is 17.6. The number of nitrogens with one attached hydrogen (secondary N) is 1. The Morgan fingerprint density at radius 1 is 1.08 bits per heavy atom. The van der Waals surface area contributed by atoms with Gasteiger partial charge in [-0.3, -0.25) is 14.1 Å². The summed E-state index contributed by atoms with van der Waals surface area (Å²) in [6.07, 6.45) is 12.4. The van der Waals surface area contributed by atoms with Crippen molar-refractivity contribution in [1.82, 2.24) is 34.7 Å². The highest BCUT2D eigenvalue weighted by molar-refractivity contribution is 5.81. The number of pyridine rings is 1. The lowest BCUT2D eigenvalue weighted by Gasteiger charge is -2.22. The number of rotatable bonds is 9. The molecule has 8 nitrogen and oxygen atoms in total. The summed E-state index contributed by atoms with van der Waals surface area (Å²) in [6, 6.07) is 10.3. The SMILES string of the molecule is CCCCc1cn(C2C(C)CCC2CC)c(=O)n1Cc1cnccc1-c1ccccc1-c1nnn[nH]1. The number of nitrogens with zero attached hydrogens (tertiary/aromatic N) is 6. The maximum atomic E-state index is 13.9. The quantitative estimate of drug-likeness (QED) is 0.348. The predicted octanol–water partition coefficient (Wildman–Crippen LogP) is 5.28. The maximum absolute atomic E-state index is 13.9. The van der Waals surface area contributed by atoms with E-state index in [0.29, 0.717) is 24.2 Å². The monoisotopic (exact) mass is 485 g/mol. The number of imidazole rings is 1. The van der Waals surface area contributed by atoms with E-state index in [-0.39, 0.29) is 11.7 Å². The topological polar surface area (TPSA) is 94.3 Å². The van der Waals surface area contributed by atoms with Gasteiger partial charge in [0.2, 0.25) is 0 Å². The minimum absolute atomic E-state index is 0.0980. The molecule has 8 heteroatoms. The van der Waals surface area contributed by atoms with E-state index >= 15 is 0 Å². The smallest absolute Gasteiger partial charge is 0.295 e. The van der Waals surface area contributed by atoms with Crippen LogP contribution in [0.4, 0.5) is 0 Å². The largest absolute Gasteiger partial charge is 0.328 e. The van der Waals surface area contributed by atoms with Crippen LogP contribution in [0.2, 0.25) is 0 Å². The van der Waals surface area contributed by atoms with Crippen molar-refractivity contribution in [3.05, 3.63) is 70.7 Å². The van der Waals surface area contributed by atoms with Gasteiger partial charge in [0, 0.05) is 35.9 Å². The number of hydrogen-bond acceptors (Lipinski definition) is 5. The third-order valence-corrected chi connectivity index (χ3v) is 7.83. The fourth-order valence-corrected chi connectivity index (χ4v) is 5.90. The van der Waals surface area contributed by atoms with Crippen molar-refractivity contribution in [3.8, 4) is 22.5 Å². The predicted molar refractivity (Wildman–Crippen MR) is 140 cm³/mol. The first-order valence-corrected chi connectivity index (χ1v) is 13.2. The molecule has 3 unspecified atom stereocenters. The molecule has 1 saturated carbocycles. The number of hydrogen-bond donors (Lipinski definition) is 1. The fourth-order valence-electron chi connectivity index (χ4n) is 5.90. The summed E-state index contributed by atoms with van der Waals surface area (Å²) >= 11 is 0. The fraction of sp³-hybridized carbons (Fsp3) is 0.464. The number of benzene rings is 1. The summed E-state index contributed by atoms with van der Waals surface area (Å²) in [5, 5.41) is 14.5. The minimum Gasteiger partial charge on any atom is -0.295 e. The molecule has 4 aromatic rings. The Hall–Kier alpha value is -3.55. The van der Waals surface area contributed by atoms with E-state index in [0.717, 1.165) is 53.6 Å². The van der Waals surface area contributed by atoms with Gasteiger partial charge in [0.15, 0.2) is 5.82 Å². The Kier molecular flexibility index (Phi) is 7.11. The molecule has 0 radical (unpaired) electrons. The van der Waals surface area contributed by atoms with E-state index < -0.39 is 0 Å². The van der Waals surface area contributed by atoms with Crippen molar-refractivity contribution in [2.45, 2.75) is 71.9 Å². The van der Waals surface area contributed by atoms with Gasteiger partial charge in [0.1, 0.15) is 0 Å².